The molecular formula is C10H14N2O. The highest BCUT2D eigenvalue weighted by Crippen LogP contribution is 2.35. The molecule has 0 saturated carbocycles. The summed E-state index contributed by atoms with van der Waals surface area (Å²) in [4.78, 5) is 0. The zero-order valence-electron chi connectivity index (χ0n) is 7.86. The van der Waals surface area contributed by atoms with E-state index in [1.165, 1.54) is 5.56 Å². The maximum Gasteiger partial charge on any atom is 0.0814 e. The first-order valence-electron chi connectivity index (χ1n) is 4.46. The van der Waals surface area contributed by atoms with Crippen molar-refractivity contribution in [2.24, 2.45) is 0 Å². The van der Waals surface area contributed by atoms with Crippen molar-refractivity contribution in [3.63, 3.8) is 0 Å². The summed E-state index contributed by atoms with van der Waals surface area (Å²) in [5, 5.41) is 11.5. The molecule has 2 atom stereocenters. The van der Waals surface area contributed by atoms with Crippen molar-refractivity contribution in [2.75, 3.05) is 12.5 Å². The number of hydrogen-bond donors (Lipinski definition) is 2. The predicted octanol–water partition coefficient (Wildman–Crippen LogP) is 1.38. The van der Waals surface area contributed by atoms with E-state index in [2.05, 4.69) is 5.43 Å². The van der Waals surface area contributed by atoms with Crippen LogP contribution in [0.5, 0.6) is 0 Å². The van der Waals surface area contributed by atoms with Gasteiger partial charge in [-0.2, -0.15) is 0 Å². The van der Waals surface area contributed by atoms with E-state index in [0.29, 0.717) is 0 Å². The molecule has 1 aliphatic heterocycles. The number of nitrogens with one attached hydrogen (secondary N) is 1. The molecule has 2 rings (SSSR count). The molecule has 70 valence electrons. The molecule has 3 nitrogen and oxygen atoms in total. The molecule has 0 aromatic heterocycles. The van der Waals surface area contributed by atoms with Gasteiger partial charge >= 0.3 is 0 Å². The number of likely N-dealkylation sites (N-methyl/N-ethyl adjacent to an activating group) is 1. The Morgan fingerprint density at radius 2 is 2.15 bits per heavy atom. The SMILES string of the molecule is C[C@H](O)C1c2ccccc2NN1C. The van der Waals surface area contributed by atoms with Gasteiger partial charge in [0, 0.05) is 7.05 Å². The van der Waals surface area contributed by atoms with Crippen LogP contribution in [0.4, 0.5) is 5.69 Å². The standard InChI is InChI=1S/C10H14N2O/c1-7(13)10-8-5-3-4-6-9(8)11-12(10)2/h3-7,10-11,13H,1-2H3/t7-,10?/m0/s1. The summed E-state index contributed by atoms with van der Waals surface area (Å²) in [7, 11) is 1.94. The van der Waals surface area contributed by atoms with Crippen LogP contribution < -0.4 is 5.43 Å². The Labute approximate surface area is 78.0 Å². The first kappa shape index (κ1) is 8.53. The van der Waals surface area contributed by atoms with E-state index in [9.17, 15) is 5.11 Å². The molecule has 13 heavy (non-hydrogen) atoms. The van der Waals surface area contributed by atoms with E-state index in [0.717, 1.165) is 5.69 Å². The van der Waals surface area contributed by atoms with Gasteiger partial charge in [-0.05, 0) is 18.6 Å². The summed E-state index contributed by atoms with van der Waals surface area (Å²) in [6.45, 7) is 1.81. The van der Waals surface area contributed by atoms with Crippen LogP contribution in [0, 0.1) is 0 Å². The van der Waals surface area contributed by atoms with Crippen molar-refractivity contribution in [1.29, 1.82) is 0 Å². The third-order valence-corrected chi connectivity index (χ3v) is 2.45. The molecule has 0 fully saturated rings. The van der Waals surface area contributed by atoms with Gasteiger partial charge < -0.3 is 10.5 Å². The van der Waals surface area contributed by atoms with Crippen LogP contribution in [0.15, 0.2) is 24.3 Å². The summed E-state index contributed by atoms with van der Waals surface area (Å²) in [6, 6.07) is 8.12. The highest BCUT2D eigenvalue weighted by molar-refractivity contribution is 5.55. The molecule has 0 amide bonds. The lowest BCUT2D eigenvalue weighted by Crippen LogP contribution is -2.30. The Morgan fingerprint density at radius 3 is 2.85 bits per heavy atom. The fraction of sp³-hybridized carbons (Fsp3) is 0.400. The third kappa shape index (κ3) is 1.30. The predicted molar refractivity (Wildman–Crippen MR) is 52.2 cm³/mol. The zero-order valence-corrected chi connectivity index (χ0v) is 7.86. The van der Waals surface area contributed by atoms with Crippen LogP contribution in [0.2, 0.25) is 0 Å². The fourth-order valence-electron chi connectivity index (χ4n) is 1.91. The Bertz CT molecular complexity index is 312. The molecule has 0 bridgehead atoms. The van der Waals surface area contributed by atoms with E-state index >= 15 is 0 Å². The van der Waals surface area contributed by atoms with Crippen LogP contribution in [0.3, 0.4) is 0 Å². The summed E-state index contributed by atoms with van der Waals surface area (Å²) >= 11 is 0. The second-order valence-corrected chi connectivity index (χ2v) is 3.50. The van der Waals surface area contributed by atoms with Crippen LogP contribution in [-0.2, 0) is 0 Å². The van der Waals surface area contributed by atoms with Gasteiger partial charge in [0.05, 0.1) is 17.8 Å². The minimum atomic E-state index is -0.360. The first-order valence-corrected chi connectivity index (χ1v) is 4.46. The Morgan fingerprint density at radius 1 is 1.46 bits per heavy atom. The second kappa shape index (κ2) is 3.01. The minimum Gasteiger partial charge on any atom is -0.391 e. The number of anilines is 1. The zero-order chi connectivity index (χ0) is 9.42. The van der Waals surface area contributed by atoms with Crippen molar-refractivity contribution in [2.45, 2.75) is 19.1 Å². The van der Waals surface area contributed by atoms with Gasteiger partial charge in [-0.3, -0.25) is 0 Å². The van der Waals surface area contributed by atoms with Crippen molar-refractivity contribution in [3.05, 3.63) is 29.8 Å². The molecule has 3 heteroatoms. The Kier molecular flexibility index (Phi) is 1.98. The van der Waals surface area contributed by atoms with Crippen LogP contribution >= 0.6 is 0 Å². The molecule has 1 aliphatic rings. The number of aliphatic hydroxyl groups is 1. The van der Waals surface area contributed by atoms with E-state index in [-0.39, 0.29) is 12.1 Å². The minimum absolute atomic E-state index is 0.0659. The monoisotopic (exact) mass is 178 g/mol. The number of rotatable bonds is 1. The Hall–Kier alpha value is -1.06. The summed E-state index contributed by atoms with van der Waals surface area (Å²) in [5.41, 5.74) is 5.46. The van der Waals surface area contributed by atoms with Gasteiger partial charge in [-0.15, -0.1) is 0 Å². The van der Waals surface area contributed by atoms with Gasteiger partial charge in [-0.25, -0.2) is 5.01 Å². The van der Waals surface area contributed by atoms with Gasteiger partial charge in [0.25, 0.3) is 0 Å². The summed E-state index contributed by atoms with van der Waals surface area (Å²) in [6.07, 6.45) is -0.360. The average Bonchev–Trinajstić information content (AvgIpc) is 2.39. The molecule has 0 radical (unpaired) electrons. The largest absolute Gasteiger partial charge is 0.391 e. The number of para-hydroxylation sites is 1. The van der Waals surface area contributed by atoms with Crippen LogP contribution in [-0.4, -0.2) is 23.3 Å². The highest BCUT2D eigenvalue weighted by Gasteiger charge is 2.30. The van der Waals surface area contributed by atoms with Crippen molar-refractivity contribution >= 4 is 5.69 Å². The number of hydrazine groups is 1. The van der Waals surface area contributed by atoms with Crippen LogP contribution in [0.25, 0.3) is 0 Å². The van der Waals surface area contributed by atoms with Gasteiger partial charge in [-0.1, -0.05) is 18.2 Å². The number of nitrogens with zero attached hydrogens (tertiary/aromatic N) is 1. The molecule has 1 aromatic rings. The van der Waals surface area contributed by atoms with Gasteiger partial charge in [0.15, 0.2) is 0 Å². The van der Waals surface area contributed by atoms with Crippen molar-refractivity contribution < 1.29 is 5.11 Å². The topological polar surface area (TPSA) is 35.5 Å². The molecule has 0 aliphatic carbocycles. The van der Waals surface area contributed by atoms with Crippen molar-refractivity contribution in [1.82, 2.24) is 5.01 Å². The maximum absolute atomic E-state index is 9.59. The van der Waals surface area contributed by atoms with E-state index < -0.39 is 0 Å². The molecule has 0 saturated heterocycles. The molecule has 2 N–H and O–H groups in total. The second-order valence-electron chi connectivity index (χ2n) is 3.50. The van der Waals surface area contributed by atoms with Gasteiger partial charge in [0.2, 0.25) is 0 Å². The average molecular weight is 178 g/mol. The molecule has 1 heterocycles. The number of hydrogen-bond acceptors (Lipinski definition) is 3. The molecular weight excluding hydrogens is 164 g/mol. The van der Waals surface area contributed by atoms with E-state index in [4.69, 9.17) is 0 Å². The normalized spacial score (nSPS) is 23.8. The molecule has 1 unspecified atom stereocenters. The number of benzene rings is 1. The van der Waals surface area contributed by atoms with Crippen LogP contribution in [0.1, 0.15) is 18.5 Å². The maximum atomic E-state index is 9.59. The lowest BCUT2D eigenvalue weighted by atomic mass is 10.0. The van der Waals surface area contributed by atoms with E-state index in [1.54, 1.807) is 0 Å². The number of aliphatic hydroxyl groups excluding tert-OH is 1. The Balaban J connectivity index is 2.40. The summed E-state index contributed by atoms with van der Waals surface area (Å²) < 4.78 is 0. The lowest BCUT2D eigenvalue weighted by molar-refractivity contribution is 0.0985. The third-order valence-electron chi connectivity index (χ3n) is 2.45. The lowest BCUT2D eigenvalue weighted by Gasteiger charge is -2.22. The fourth-order valence-corrected chi connectivity index (χ4v) is 1.91. The highest BCUT2D eigenvalue weighted by atomic mass is 16.3. The van der Waals surface area contributed by atoms with Gasteiger partial charge in [0.1, 0.15) is 0 Å². The smallest absolute Gasteiger partial charge is 0.0814 e. The van der Waals surface area contributed by atoms with E-state index in [1.807, 2.05) is 43.2 Å². The first-order chi connectivity index (χ1) is 6.20. The quantitative estimate of drug-likeness (QED) is 0.682. The molecule has 1 aromatic carbocycles. The number of fused-ring (bicyclic) bond motifs is 1. The molecule has 0 spiro atoms. The summed E-state index contributed by atoms with van der Waals surface area (Å²) in [5.74, 6) is 0. The van der Waals surface area contributed by atoms with Crippen molar-refractivity contribution in [3.8, 4) is 0 Å².